The van der Waals surface area contributed by atoms with Crippen LogP contribution in [-0.2, 0) is 0 Å². The van der Waals surface area contributed by atoms with E-state index in [1.54, 1.807) is 12.2 Å². The van der Waals surface area contributed by atoms with Crippen molar-refractivity contribution in [3.05, 3.63) is 60.7 Å². The first kappa shape index (κ1) is 12.0. The van der Waals surface area contributed by atoms with Gasteiger partial charge in [0.25, 0.3) is 0 Å². The van der Waals surface area contributed by atoms with Crippen molar-refractivity contribution in [3.63, 3.8) is 0 Å². The Kier molecular flexibility index (Phi) is 3.20. The summed E-state index contributed by atoms with van der Waals surface area (Å²) < 4.78 is 0. The lowest BCUT2D eigenvalue weighted by molar-refractivity contribution is 1.56. The van der Waals surface area contributed by atoms with Gasteiger partial charge in [0.2, 0.25) is 0 Å². The molecule has 2 aromatic carbocycles. The predicted octanol–water partition coefficient (Wildman–Crippen LogP) is 3.80. The van der Waals surface area contributed by atoms with E-state index in [1.807, 2.05) is 36.4 Å². The van der Waals surface area contributed by atoms with E-state index in [1.165, 1.54) is 0 Å². The van der Waals surface area contributed by atoms with Crippen LogP contribution in [0.15, 0.2) is 49.6 Å². The molecule has 0 saturated heterocycles. The van der Waals surface area contributed by atoms with Crippen LogP contribution in [0.1, 0.15) is 11.1 Å². The van der Waals surface area contributed by atoms with Gasteiger partial charge in [-0.05, 0) is 34.9 Å². The first-order valence-corrected chi connectivity index (χ1v) is 5.70. The molecule has 0 unspecified atom stereocenters. The number of rotatable bonds is 3. The molecular formula is C16H16N2. The van der Waals surface area contributed by atoms with Crippen molar-refractivity contribution >= 4 is 23.5 Å². The van der Waals surface area contributed by atoms with Gasteiger partial charge in [-0.3, -0.25) is 0 Å². The summed E-state index contributed by atoms with van der Waals surface area (Å²) in [5, 5.41) is 0. The maximum atomic E-state index is 5.94. The van der Waals surface area contributed by atoms with Crippen LogP contribution >= 0.6 is 0 Å². The molecule has 0 amide bonds. The summed E-state index contributed by atoms with van der Waals surface area (Å²) in [6, 6.07) is 11.6. The zero-order valence-corrected chi connectivity index (χ0v) is 10.2. The van der Waals surface area contributed by atoms with Gasteiger partial charge in [-0.2, -0.15) is 0 Å². The second-order valence-electron chi connectivity index (χ2n) is 4.06. The van der Waals surface area contributed by atoms with Crippen LogP contribution in [0.5, 0.6) is 0 Å². The third-order valence-corrected chi connectivity index (χ3v) is 2.95. The molecule has 2 heteroatoms. The summed E-state index contributed by atoms with van der Waals surface area (Å²) in [7, 11) is 0. The molecular weight excluding hydrogens is 220 g/mol. The van der Waals surface area contributed by atoms with Gasteiger partial charge in [-0.1, -0.05) is 43.5 Å². The molecule has 0 radical (unpaired) electrons. The van der Waals surface area contributed by atoms with Crippen molar-refractivity contribution in [3.8, 4) is 11.1 Å². The SMILES string of the molecule is C=Cc1c(N)ccc(-c2ccc(N)cc2)c1C=C. The third-order valence-electron chi connectivity index (χ3n) is 2.95. The summed E-state index contributed by atoms with van der Waals surface area (Å²) in [6.45, 7) is 7.66. The van der Waals surface area contributed by atoms with Gasteiger partial charge in [-0.25, -0.2) is 0 Å². The molecule has 0 aromatic heterocycles. The van der Waals surface area contributed by atoms with Gasteiger partial charge in [-0.15, -0.1) is 0 Å². The maximum absolute atomic E-state index is 5.94. The van der Waals surface area contributed by atoms with Crippen molar-refractivity contribution in [2.24, 2.45) is 0 Å². The van der Waals surface area contributed by atoms with Crippen LogP contribution in [0.4, 0.5) is 11.4 Å². The van der Waals surface area contributed by atoms with Gasteiger partial charge in [0, 0.05) is 16.9 Å². The van der Waals surface area contributed by atoms with Gasteiger partial charge >= 0.3 is 0 Å². The molecule has 0 aliphatic carbocycles. The third kappa shape index (κ3) is 2.00. The zero-order chi connectivity index (χ0) is 13.1. The summed E-state index contributed by atoms with van der Waals surface area (Å²) in [6.07, 6.45) is 3.56. The van der Waals surface area contributed by atoms with Crippen LogP contribution in [0.3, 0.4) is 0 Å². The molecule has 0 saturated carbocycles. The largest absolute Gasteiger partial charge is 0.399 e. The first-order chi connectivity index (χ1) is 8.67. The number of nitrogen functional groups attached to an aromatic ring is 2. The van der Waals surface area contributed by atoms with Crippen LogP contribution in [-0.4, -0.2) is 0 Å². The van der Waals surface area contributed by atoms with Gasteiger partial charge in [0.1, 0.15) is 0 Å². The van der Waals surface area contributed by atoms with E-state index >= 15 is 0 Å². The Labute approximate surface area is 107 Å². The van der Waals surface area contributed by atoms with E-state index in [9.17, 15) is 0 Å². The predicted molar refractivity (Wildman–Crippen MR) is 80.9 cm³/mol. The molecule has 0 bridgehead atoms. The Balaban J connectivity index is 2.68. The van der Waals surface area contributed by atoms with E-state index in [0.29, 0.717) is 5.69 Å². The van der Waals surface area contributed by atoms with E-state index in [4.69, 9.17) is 11.5 Å². The van der Waals surface area contributed by atoms with E-state index < -0.39 is 0 Å². The number of hydrogen-bond acceptors (Lipinski definition) is 2. The molecule has 0 spiro atoms. The smallest absolute Gasteiger partial charge is 0.0393 e. The minimum atomic E-state index is 0.707. The Morgan fingerprint density at radius 2 is 1.39 bits per heavy atom. The van der Waals surface area contributed by atoms with Crippen molar-refractivity contribution in [1.29, 1.82) is 0 Å². The lowest BCUT2D eigenvalue weighted by Crippen LogP contribution is -1.95. The first-order valence-electron chi connectivity index (χ1n) is 5.70. The fourth-order valence-corrected chi connectivity index (χ4v) is 2.02. The normalized spacial score (nSPS) is 10.0. The van der Waals surface area contributed by atoms with E-state index in [2.05, 4.69) is 13.2 Å². The lowest BCUT2D eigenvalue weighted by Gasteiger charge is -2.12. The Morgan fingerprint density at radius 3 is 1.94 bits per heavy atom. The summed E-state index contributed by atoms with van der Waals surface area (Å²) in [5.74, 6) is 0. The number of hydrogen-bond donors (Lipinski definition) is 2. The molecule has 0 atom stereocenters. The lowest BCUT2D eigenvalue weighted by atomic mass is 9.94. The average molecular weight is 236 g/mol. The molecule has 2 rings (SSSR count). The van der Waals surface area contributed by atoms with Gasteiger partial charge in [0.15, 0.2) is 0 Å². The highest BCUT2D eigenvalue weighted by molar-refractivity contribution is 5.85. The molecule has 2 nitrogen and oxygen atoms in total. The minimum Gasteiger partial charge on any atom is -0.399 e. The van der Waals surface area contributed by atoms with Crippen LogP contribution in [0.25, 0.3) is 23.3 Å². The zero-order valence-electron chi connectivity index (χ0n) is 10.2. The topological polar surface area (TPSA) is 52.0 Å². The standard InChI is InChI=1S/C16H16N2/c1-3-13-14(4-2)16(18)10-9-15(13)11-5-7-12(17)8-6-11/h3-10H,1-2,17-18H2. The minimum absolute atomic E-state index is 0.707. The molecule has 2 aromatic rings. The summed E-state index contributed by atoms with van der Waals surface area (Å²) in [5.41, 5.74) is 17.2. The summed E-state index contributed by atoms with van der Waals surface area (Å²) >= 11 is 0. The second-order valence-corrected chi connectivity index (χ2v) is 4.06. The van der Waals surface area contributed by atoms with Gasteiger partial charge in [0.05, 0.1) is 0 Å². The molecule has 0 aliphatic heterocycles. The highest BCUT2D eigenvalue weighted by Gasteiger charge is 2.08. The highest BCUT2D eigenvalue weighted by Crippen LogP contribution is 2.31. The molecule has 0 heterocycles. The Bertz CT molecular complexity index is 595. The number of benzene rings is 2. The van der Waals surface area contributed by atoms with Crippen LogP contribution in [0.2, 0.25) is 0 Å². The maximum Gasteiger partial charge on any atom is 0.0393 e. The summed E-state index contributed by atoms with van der Waals surface area (Å²) in [4.78, 5) is 0. The molecule has 0 aliphatic rings. The fraction of sp³-hybridized carbons (Fsp3) is 0. The van der Waals surface area contributed by atoms with Crippen molar-refractivity contribution in [2.75, 3.05) is 11.5 Å². The highest BCUT2D eigenvalue weighted by atomic mass is 14.6. The quantitative estimate of drug-likeness (QED) is 0.796. The van der Waals surface area contributed by atoms with Crippen molar-refractivity contribution < 1.29 is 0 Å². The number of nitrogens with two attached hydrogens (primary N) is 2. The van der Waals surface area contributed by atoms with Crippen LogP contribution < -0.4 is 11.5 Å². The molecule has 4 N–H and O–H groups in total. The van der Waals surface area contributed by atoms with Crippen molar-refractivity contribution in [2.45, 2.75) is 0 Å². The van der Waals surface area contributed by atoms with Crippen molar-refractivity contribution in [1.82, 2.24) is 0 Å². The van der Waals surface area contributed by atoms with E-state index in [0.717, 1.165) is 27.9 Å². The molecule has 90 valence electrons. The van der Waals surface area contributed by atoms with E-state index in [-0.39, 0.29) is 0 Å². The number of anilines is 2. The Hall–Kier alpha value is -2.48. The fourth-order valence-electron chi connectivity index (χ4n) is 2.02. The second kappa shape index (κ2) is 4.80. The molecule has 18 heavy (non-hydrogen) atoms. The van der Waals surface area contributed by atoms with Gasteiger partial charge < -0.3 is 11.5 Å². The Morgan fingerprint density at radius 1 is 0.778 bits per heavy atom. The average Bonchev–Trinajstić information content (AvgIpc) is 2.39. The monoisotopic (exact) mass is 236 g/mol. The molecule has 0 fully saturated rings. The van der Waals surface area contributed by atoms with Crippen LogP contribution in [0, 0.1) is 0 Å².